The van der Waals surface area contributed by atoms with Gasteiger partial charge in [-0.2, -0.15) is 0 Å². The summed E-state index contributed by atoms with van der Waals surface area (Å²) < 4.78 is 10.7. The fourth-order valence-electron chi connectivity index (χ4n) is 3.37. The van der Waals surface area contributed by atoms with Gasteiger partial charge >= 0.3 is 0 Å². The molecule has 0 saturated heterocycles. The van der Waals surface area contributed by atoms with E-state index in [9.17, 15) is 14.4 Å². The summed E-state index contributed by atoms with van der Waals surface area (Å²) in [6.45, 7) is 4.98. The van der Waals surface area contributed by atoms with Crippen molar-refractivity contribution in [2.24, 2.45) is 0 Å². The van der Waals surface area contributed by atoms with Gasteiger partial charge < -0.3 is 20.1 Å². The molecule has 162 valence electrons. The highest BCUT2D eigenvalue weighted by Gasteiger charge is 2.40. The Labute approximate surface area is 180 Å². The van der Waals surface area contributed by atoms with Crippen LogP contribution in [0.25, 0.3) is 5.57 Å². The number of hydrogen-bond donors (Lipinski definition) is 2. The maximum Gasteiger partial charge on any atom is 0.278 e. The number of nitrogens with one attached hydrogen (secondary N) is 2. The molecule has 2 N–H and O–H groups in total. The van der Waals surface area contributed by atoms with Gasteiger partial charge in [-0.1, -0.05) is 12.1 Å². The molecular weight excluding hydrogens is 398 g/mol. The Morgan fingerprint density at radius 3 is 2.19 bits per heavy atom. The van der Waals surface area contributed by atoms with Crippen molar-refractivity contribution >= 4 is 34.7 Å². The summed E-state index contributed by atoms with van der Waals surface area (Å²) in [4.78, 5) is 38.8. The van der Waals surface area contributed by atoms with Gasteiger partial charge in [0.2, 0.25) is 5.91 Å². The molecule has 0 saturated carbocycles. The summed E-state index contributed by atoms with van der Waals surface area (Å²) in [5.74, 6) is 0.0551. The monoisotopic (exact) mass is 423 g/mol. The highest BCUT2D eigenvalue weighted by Crippen LogP contribution is 2.36. The second-order valence-corrected chi connectivity index (χ2v) is 7.27. The van der Waals surface area contributed by atoms with Gasteiger partial charge in [0.25, 0.3) is 11.8 Å². The minimum Gasteiger partial charge on any atom is -0.497 e. The number of hydrogen-bond acceptors (Lipinski definition) is 6. The van der Waals surface area contributed by atoms with E-state index in [1.807, 2.05) is 0 Å². The first-order valence-electron chi connectivity index (χ1n) is 9.76. The molecule has 0 fully saturated rings. The standard InChI is InChI=1S/C23H25N3O5/c1-13(2)26-22(28)20(15-6-8-16(9-7-15)24-14(3)27)21(23(26)29)25-18-12-17(30-4)10-11-19(18)31-5/h6-13,25H,1-5H3,(H,24,27). The summed E-state index contributed by atoms with van der Waals surface area (Å²) in [5, 5.41) is 5.77. The quantitative estimate of drug-likeness (QED) is 0.664. The average molecular weight is 423 g/mol. The summed E-state index contributed by atoms with van der Waals surface area (Å²) in [7, 11) is 3.06. The molecule has 2 aromatic carbocycles. The van der Waals surface area contributed by atoms with E-state index in [2.05, 4.69) is 10.6 Å². The van der Waals surface area contributed by atoms with Crippen molar-refractivity contribution in [1.82, 2.24) is 4.90 Å². The van der Waals surface area contributed by atoms with Crippen molar-refractivity contribution in [1.29, 1.82) is 0 Å². The third kappa shape index (κ3) is 4.37. The molecular formula is C23H25N3O5. The lowest BCUT2D eigenvalue weighted by atomic mass is 10.0. The number of methoxy groups -OCH3 is 2. The Kier molecular flexibility index (Phi) is 6.29. The third-order valence-corrected chi connectivity index (χ3v) is 4.79. The molecule has 8 heteroatoms. The summed E-state index contributed by atoms with van der Waals surface area (Å²) in [5.41, 5.74) is 2.05. The molecule has 1 aliphatic heterocycles. The lowest BCUT2D eigenvalue weighted by Gasteiger charge is -2.19. The minimum absolute atomic E-state index is 0.150. The lowest BCUT2D eigenvalue weighted by Crippen LogP contribution is -2.38. The molecule has 3 rings (SSSR count). The highest BCUT2D eigenvalue weighted by molar-refractivity contribution is 6.36. The van der Waals surface area contributed by atoms with E-state index < -0.39 is 11.8 Å². The number of ether oxygens (including phenoxy) is 2. The zero-order valence-electron chi connectivity index (χ0n) is 18.1. The molecule has 1 heterocycles. The first-order chi connectivity index (χ1) is 14.8. The van der Waals surface area contributed by atoms with E-state index in [1.165, 1.54) is 26.0 Å². The number of amides is 3. The van der Waals surface area contributed by atoms with Crippen LogP contribution in [0.4, 0.5) is 11.4 Å². The Bertz CT molecular complexity index is 1060. The Morgan fingerprint density at radius 1 is 0.968 bits per heavy atom. The van der Waals surface area contributed by atoms with Gasteiger partial charge in [0.15, 0.2) is 0 Å². The highest BCUT2D eigenvalue weighted by atomic mass is 16.5. The fourth-order valence-corrected chi connectivity index (χ4v) is 3.37. The summed E-state index contributed by atoms with van der Waals surface area (Å²) >= 11 is 0. The molecule has 0 atom stereocenters. The number of imide groups is 1. The maximum atomic E-state index is 13.2. The Balaban J connectivity index is 2.10. The van der Waals surface area contributed by atoms with Crippen molar-refractivity contribution in [2.75, 3.05) is 24.9 Å². The summed E-state index contributed by atoms with van der Waals surface area (Å²) in [6, 6.07) is 11.6. The number of carbonyl (C=O) groups excluding carboxylic acids is 3. The lowest BCUT2D eigenvalue weighted by molar-refractivity contribution is -0.138. The zero-order valence-corrected chi connectivity index (χ0v) is 18.1. The molecule has 31 heavy (non-hydrogen) atoms. The Morgan fingerprint density at radius 2 is 1.65 bits per heavy atom. The summed E-state index contributed by atoms with van der Waals surface area (Å²) in [6.07, 6.45) is 0. The molecule has 1 aliphatic rings. The van der Waals surface area contributed by atoms with Crippen molar-refractivity contribution < 1.29 is 23.9 Å². The first kappa shape index (κ1) is 21.9. The van der Waals surface area contributed by atoms with Crippen LogP contribution in [0.5, 0.6) is 11.5 Å². The molecule has 0 radical (unpaired) electrons. The second-order valence-electron chi connectivity index (χ2n) is 7.27. The van der Waals surface area contributed by atoms with Crippen LogP contribution in [0.3, 0.4) is 0 Å². The number of rotatable bonds is 7. The fraction of sp³-hybridized carbons (Fsp3) is 0.261. The van der Waals surface area contributed by atoms with Crippen LogP contribution in [0.15, 0.2) is 48.2 Å². The van der Waals surface area contributed by atoms with Gasteiger partial charge in [-0.05, 0) is 43.7 Å². The van der Waals surface area contributed by atoms with Crippen molar-refractivity contribution in [3.63, 3.8) is 0 Å². The van der Waals surface area contributed by atoms with Crippen molar-refractivity contribution in [2.45, 2.75) is 26.8 Å². The van der Waals surface area contributed by atoms with E-state index in [4.69, 9.17) is 9.47 Å². The maximum absolute atomic E-state index is 13.2. The van der Waals surface area contributed by atoms with Crippen molar-refractivity contribution in [3.8, 4) is 11.5 Å². The predicted octanol–water partition coefficient (Wildman–Crippen LogP) is 3.26. The van der Waals surface area contributed by atoms with E-state index in [0.717, 1.165) is 0 Å². The molecule has 0 spiro atoms. The van der Waals surface area contributed by atoms with E-state index in [1.54, 1.807) is 56.3 Å². The SMILES string of the molecule is COc1ccc(OC)c(NC2=C(c3ccc(NC(C)=O)cc3)C(=O)N(C(C)C)C2=O)c1. The van der Waals surface area contributed by atoms with Crippen LogP contribution in [-0.4, -0.2) is 42.9 Å². The van der Waals surface area contributed by atoms with Gasteiger partial charge in [0, 0.05) is 24.7 Å². The second kappa shape index (κ2) is 8.91. The van der Waals surface area contributed by atoms with Crippen LogP contribution in [0.1, 0.15) is 26.3 Å². The van der Waals surface area contributed by atoms with Gasteiger partial charge in [-0.15, -0.1) is 0 Å². The molecule has 0 aromatic heterocycles. The van der Waals surface area contributed by atoms with Crippen LogP contribution in [-0.2, 0) is 14.4 Å². The average Bonchev–Trinajstić information content (AvgIpc) is 2.97. The normalized spacial score (nSPS) is 13.7. The zero-order chi connectivity index (χ0) is 22.7. The molecule has 0 aliphatic carbocycles. The van der Waals surface area contributed by atoms with Gasteiger partial charge in [-0.25, -0.2) is 0 Å². The van der Waals surface area contributed by atoms with Crippen molar-refractivity contribution in [3.05, 3.63) is 53.7 Å². The van der Waals surface area contributed by atoms with Crippen LogP contribution < -0.4 is 20.1 Å². The van der Waals surface area contributed by atoms with E-state index in [-0.39, 0.29) is 23.2 Å². The number of benzene rings is 2. The minimum atomic E-state index is -0.425. The van der Waals surface area contributed by atoms with Gasteiger partial charge in [0.05, 0.1) is 25.5 Å². The van der Waals surface area contributed by atoms with E-state index in [0.29, 0.717) is 28.4 Å². The molecule has 0 bridgehead atoms. The Hall–Kier alpha value is -3.81. The predicted molar refractivity (Wildman–Crippen MR) is 118 cm³/mol. The first-order valence-corrected chi connectivity index (χ1v) is 9.76. The largest absolute Gasteiger partial charge is 0.497 e. The molecule has 8 nitrogen and oxygen atoms in total. The van der Waals surface area contributed by atoms with Crippen LogP contribution in [0.2, 0.25) is 0 Å². The molecule has 2 aromatic rings. The molecule has 3 amide bonds. The van der Waals surface area contributed by atoms with Crippen LogP contribution >= 0.6 is 0 Å². The van der Waals surface area contributed by atoms with Gasteiger partial charge in [-0.3, -0.25) is 19.3 Å². The van der Waals surface area contributed by atoms with E-state index >= 15 is 0 Å². The van der Waals surface area contributed by atoms with Gasteiger partial charge in [0.1, 0.15) is 17.2 Å². The number of nitrogens with zero attached hydrogens (tertiary/aromatic N) is 1. The number of anilines is 2. The topological polar surface area (TPSA) is 97.0 Å². The number of carbonyl (C=O) groups is 3. The molecule has 0 unspecified atom stereocenters. The third-order valence-electron chi connectivity index (χ3n) is 4.79. The van der Waals surface area contributed by atoms with Crippen LogP contribution in [0, 0.1) is 0 Å². The smallest absolute Gasteiger partial charge is 0.278 e.